The van der Waals surface area contributed by atoms with Gasteiger partial charge in [-0.05, 0) is 41.8 Å². The summed E-state index contributed by atoms with van der Waals surface area (Å²) in [6.45, 7) is 3.03. The molecule has 2 aromatic rings. The fraction of sp³-hybridized carbons (Fsp3) is 0.409. The van der Waals surface area contributed by atoms with Crippen molar-refractivity contribution in [3.63, 3.8) is 0 Å². The van der Waals surface area contributed by atoms with Gasteiger partial charge in [0.25, 0.3) is 0 Å². The summed E-state index contributed by atoms with van der Waals surface area (Å²) in [7, 11) is -3.84. The molecule has 1 amide bonds. The van der Waals surface area contributed by atoms with Crippen LogP contribution in [-0.2, 0) is 19.4 Å². The predicted octanol–water partition coefficient (Wildman–Crippen LogP) is 2.96. The zero-order chi connectivity index (χ0) is 24.8. The summed E-state index contributed by atoms with van der Waals surface area (Å²) in [5.41, 5.74) is 1.17. The molecule has 0 aliphatic carbocycles. The minimum Gasteiger partial charge on any atom is -0.406 e. The van der Waals surface area contributed by atoms with Crippen LogP contribution >= 0.6 is 0 Å². The minimum absolute atomic E-state index is 0.00365. The molecule has 2 aromatic carbocycles. The third-order valence-electron chi connectivity index (χ3n) is 5.41. The quantitative estimate of drug-likeness (QED) is 0.303. The Balaban J connectivity index is 1.68. The molecule has 0 bridgehead atoms. The molecule has 0 aromatic heterocycles. The molecule has 34 heavy (non-hydrogen) atoms. The van der Waals surface area contributed by atoms with E-state index in [0.29, 0.717) is 49.0 Å². The smallest absolute Gasteiger partial charge is 0.406 e. The van der Waals surface area contributed by atoms with Crippen LogP contribution in [0, 0.1) is 0 Å². The lowest BCUT2D eigenvalue weighted by Crippen LogP contribution is -2.42. The molecule has 1 saturated heterocycles. The fourth-order valence-corrected chi connectivity index (χ4v) is 5.16. The van der Waals surface area contributed by atoms with E-state index >= 15 is 0 Å². The molecule has 0 radical (unpaired) electrons. The Morgan fingerprint density at radius 3 is 2.15 bits per heavy atom. The van der Waals surface area contributed by atoms with Gasteiger partial charge in [-0.25, -0.2) is 13.5 Å². The third kappa shape index (κ3) is 7.42. The second kappa shape index (κ2) is 11.2. The molecule has 1 fully saturated rings. The maximum Gasteiger partial charge on any atom is 0.573 e. The average molecular weight is 503 g/mol. The number of nitrogens with zero attached hydrogens (tertiary/aromatic N) is 2. The van der Waals surface area contributed by atoms with Crippen molar-refractivity contribution in [3.05, 3.63) is 48.5 Å². The summed E-state index contributed by atoms with van der Waals surface area (Å²) in [4.78, 5) is 13.2. The Hall–Kier alpha value is -2.67. The molecule has 3 rings (SSSR count). The molecule has 0 saturated carbocycles. The van der Waals surface area contributed by atoms with E-state index in [1.54, 1.807) is 0 Å². The van der Waals surface area contributed by atoms with Gasteiger partial charge in [-0.1, -0.05) is 24.3 Å². The fourth-order valence-electron chi connectivity index (χ4n) is 3.59. The van der Waals surface area contributed by atoms with Crippen molar-refractivity contribution >= 4 is 16.2 Å². The molecule has 1 heterocycles. The molecular weight excluding hydrogens is 477 g/mol. The molecule has 1 N–H and O–H groups in total. The maximum atomic E-state index is 12.9. The van der Waals surface area contributed by atoms with E-state index in [-0.39, 0.29) is 23.5 Å². The van der Waals surface area contributed by atoms with Crippen LogP contribution in [0.15, 0.2) is 53.4 Å². The van der Waals surface area contributed by atoms with Crippen LogP contribution in [0.2, 0.25) is 0 Å². The highest BCUT2D eigenvalue weighted by Gasteiger charge is 2.31. The first-order valence-corrected chi connectivity index (χ1v) is 12.1. The van der Waals surface area contributed by atoms with Crippen LogP contribution in [0.4, 0.5) is 13.2 Å². The molecule has 0 spiro atoms. The van der Waals surface area contributed by atoms with Gasteiger partial charge in [0.2, 0.25) is 6.41 Å². The zero-order valence-corrected chi connectivity index (χ0v) is 19.0. The molecule has 8 nitrogen and oxygen atoms in total. The van der Waals surface area contributed by atoms with Crippen LogP contribution in [0.1, 0.15) is 6.42 Å². The largest absolute Gasteiger partial charge is 0.573 e. The van der Waals surface area contributed by atoms with E-state index in [9.17, 15) is 31.6 Å². The van der Waals surface area contributed by atoms with E-state index in [4.69, 9.17) is 4.74 Å². The lowest BCUT2D eigenvalue weighted by Gasteiger charge is -2.29. The highest BCUT2D eigenvalue weighted by Crippen LogP contribution is 2.27. The molecule has 1 unspecified atom stereocenters. The van der Waals surface area contributed by atoms with Gasteiger partial charge in [0.1, 0.15) is 5.75 Å². The minimum atomic E-state index is -4.79. The summed E-state index contributed by atoms with van der Waals surface area (Å²) in [6, 6.07) is 10.1. The summed E-state index contributed by atoms with van der Waals surface area (Å²) in [5.74, 6) is -0.822. The number of ether oxygens (including phenoxy) is 2. The standard InChI is InChI=1S/C22H25F3N2O6S/c23-22(24,25)33-20-5-1-17(2-6-20)18-3-7-21(8-4-18)34(30,31)15-19(27(29)16-28)9-10-26-11-13-32-14-12-26/h1-8,16,19,29H,9-15H2. The van der Waals surface area contributed by atoms with Crippen LogP contribution in [0.5, 0.6) is 5.75 Å². The van der Waals surface area contributed by atoms with Gasteiger partial charge >= 0.3 is 6.36 Å². The van der Waals surface area contributed by atoms with Crippen molar-refractivity contribution in [1.29, 1.82) is 0 Å². The van der Waals surface area contributed by atoms with Crippen molar-refractivity contribution < 1.29 is 41.1 Å². The van der Waals surface area contributed by atoms with E-state index in [1.807, 2.05) is 0 Å². The van der Waals surface area contributed by atoms with Gasteiger partial charge in [-0.15, -0.1) is 13.2 Å². The second-order valence-electron chi connectivity index (χ2n) is 7.76. The summed E-state index contributed by atoms with van der Waals surface area (Å²) < 4.78 is 71.9. The number of amides is 1. The Morgan fingerprint density at radius 1 is 1.06 bits per heavy atom. The number of rotatable bonds is 10. The van der Waals surface area contributed by atoms with Gasteiger partial charge in [0.15, 0.2) is 9.84 Å². The van der Waals surface area contributed by atoms with Crippen LogP contribution < -0.4 is 4.74 Å². The molecule has 186 valence electrons. The average Bonchev–Trinajstić information content (AvgIpc) is 2.81. The van der Waals surface area contributed by atoms with Gasteiger partial charge < -0.3 is 9.47 Å². The van der Waals surface area contributed by atoms with E-state index < -0.39 is 28.0 Å². The number of alkyl halides is 3. The topological polar surface area (TPSA) is 96.4 Å². The Bertz CT molecular complexity index is 1040. The monoisotopic (exact) mass is 502 g/mol. The first-order chi connectivity index (χ1) is 16.1. The first kappa shape index (κ1) is 25.9. The van der Waals surface area contributed by atoms with Crippen molar-refractivity contribution in [2.24, 2.45) is 0 Å². The van der Waals surface area contributed by atoms with Crippen molar-refractivity contribution in [2.45, 2.75) is 23.7 Å². The highest BCUT2D eigenvalue weighted by atomic mass is 32.2. The number of sulfone groups is 1. The third-order valence-corrected chi connectivity index (χ3v) is 7.22. The summed E-state index contributed by atoms with van der Waals surface area (Å²) in [6.07, 6.45) is -4.33. The van der Waals surface area contributed by atoms with E-state index in [1.165, 1.54) is 48.5 Å². The maximum absolute atomic E-state index is 12.9. The van der Waals surface area contributed by atoms with E-state index in [2.05, 4.69) is 9.64 Å². The number of hydrogen-bond donors (Lipinski definition) is 1. The summed E-state index contributed by atoms with van der Waals surface area (Å²) in [5, 5.41) is 10.3. The van der Waals surface area contributed by atoms with E-state index in [0.717, 1.165) is 0 Å². The number of halogens is 3. The lowest BCUT2D eigenvalue weighted by atomic mass is 10.1. The van der Waals surface area contributed by atoms with Crippen molar-refractivity contribution in [3.8, 4) is 16.9 Å². The number of hydrogen-bond acceptors (Lipinski definition) is 7. The number of morpholine rings is 1. The van der Waals surface area contributed by atoms with Gasteiger partial charge in [0.05, 0.1) is 29.9 Å². The number of carbonyl (C=O) groups is 1. The summed E-state index contributed by atoms with van der Waals surface area (Å²) >= 11 is 0. The predicted molar refractivity (Wildman–Crippen MR) is 116 cm³/mol. The van der Waals surface area contributed by atoms with Gasteiger partial charge in [-0.2, -0.15) is 0 Å². The van der Waals surface area contributed by atoms with Gasteiger partial charge in [-0.3, -0.25) is 14.9 Å². The Kier molecular flexibility index (Phi) is 8.52. The van der Waals surface area contributed by atoms with Crippen molar-refractivity contribution in [1.82, 2.24) is 9.96 Å². The molecule has 1 aliphatic rings. The van der Waals surface area contributed by atoms with Gasteiger partial charge in [0, 0.05) is 19.6 Å². The first-order valence-electron chi connectivity index (χ1n) is 10.5. The Labute approximate surface area is 195 Å². The zero-order valence-electron chi connectivity index (χ0n) is 18.1. The highest BCUT2D eigenvalue weighted by molar-refractivity contribution is 7.91. The molecule has 1 atom stereocenters. The molecular formula is C22H25F3N2O6S. The van der Waals surface area contributed by atoms with Crippen LogP contribution in [0.3, 0.4) is 0 Å². The lowest BCUT2D eigenvalue weighted by molar-refractivity contribution is -0.274. The number of benzene rings is 2. The van der Waals surface area contributed by atoms with Crippen LogP contribution in [-0.4, -0.2) is 81.0 Å². The normalized spacial score (nSPS) is 16.1. The number of hydroxylamine groups is 2. The van der Waals surface area contributed by atoms with Crippen LogP contribution in [0.25, 0.3) is 11.1 Å². The van der Waals surface area contributed by atoms with Crippen molar-refractivity contribution in [2.75, 3.05) is 38.6 Å². The number of carbonyl (C=O) groups excluding carboxylic acids is 1. The molecule has 1 aliphatic heterocycles. The second-order valence-corrected chi connectivity index (χ2v) is 9.79. The Morgan fingerprint density at radius 2 is 1.62 bits per heavy atom. The molecule has 12 heteroatoms. The SMILES string of the molecule is O=CN(O)C(CCN1CCOCC1)CS(=O)(=O)c1ccc(-c2ccc(OC(F)(F)F)cc2)cc1.